The van der Waals surface area contributed by atoms with Crippen molar-refractivity contribution in [2.75, 3.05) is 11.9 Å². The molecule has 0 spiro atoms. The SMILES string of the molecule is O=C(O)N1CCC[C@H]1c1nc(Nc2ccc(C(F)(F)F)cc2)c2ccc(-c3ncccc3C(F)(F)F)cc2n1. The molecule has 13 heteroatoms. The summed E-state index contributed by atoms with van der Waals surface area (Å²) in [4.78, 5) is 25.8. The molecule has 1 fully saturated rings. The molecule has 202 valence electrons. The lowest BCUT2D eigenvalue weighted by atomic mass is 10.0. The summed E-state index contributed by atoms with van der Waals surface area (Å²) in [5, 5.41) is 12.9. The van der Waals surface area contributed by atoms with Gasteiger partial charge in [-0.05, 0) is 61.4 Å². The van der Waals surface area contributed by atoms with Crippen LogP contribution in [0.5, 0.6) is 0 Å². The Balaban J connectivity index is 1.63. The Morgan fingerprint density at radius 1 is 0.974 bits per heavy atom. The molecule has 0 radical (unpaired) electrons. The molecule has 7 nitrogen and oxygen atoms in total. The van der Waals surface area contributed by atoms with Gasteiger partial charge >= 0.3 is 18.4 Å². The van der Waals surface area contributed by atoms with E-state index < -0.39 is 35.6 Å². The number of likely N-dealkylation sites (tertiary alicyclic amines) is 1. The fourth-order valence-corrected chi connectivity index (χ4v) is 4.55. The van der Waals surface area contributed by atoms with Crippen molar-refractivity contribution >= 4 is 28.5 Å². The molecule has 1 amide bonds. The summed E-state index contributed by atoms with van der Waals surface area (Å²) < 4.78 is 79.9. The second-order valence-electron chi connectivity index (χ2n) is 8.89. The first-order valence-electron chi connectivity index (χ1n) is 11.7. The standard InChI is InChI=1S/C26H19F6N5O2/c27-25(28,29)15-6-8-16(9-7-15)34-22-17-10-5-14(21-18(26(30,31)32)3-1-11-33-21)13-19(17)35-23(36-22)20-4-2-12-37(20)24(38)39/h1,3,5-11,13,20H,2,4,12H2,(H,38,39)(H,34,35,36)/t20-/m0/s1. The number of rotatable bonds is 4. The zero-order chi connectivity index (χ0) is 27.9. The molecule has 2 aromatic carbocycles. The number of nitrogens with one attached hydrogen (secondary N) is 1. The average molecular weight is 547 g/mol. The minimum absolute atomic E-state index is 0.117. The van der Waals surface area contributed by atoms with E-state index in [-0.39, 0.29) is 40.6 Å². The van der Waals surface area contributed by atoms with Crippen molar-refractivity contribution in [3.05, 3.63) is 77.7 Å². The van der Waals surface area contributed by atoms with Crippen LogP contribution in [0.2, 0.25) is 0 Å². The Labute approximate surface area is 217 Å². The molecule has 39 heavy (non-hydrogen) atoms. The number of halogens is 6. The van der Waals surface area contributed by atoms with E-state index in [0.717, 1.165) is 18.2 Å². The maximum atomic E-state index is 13.6. The Morgan fingerprint density at radius 2 is 1.72 bits per heavy atom. The van der Waals surface area contributed by atoms with Crippen molar-refractivity contribution in [3.8, 4) is 11.3 Å². The van der Waals surface area contributed by atoms with E-state index in [9.17, 15) is 36.2 Å². The van der Waals surface area contributed by atoms with Gasteiger partial charge in [0.1, 0.15) is 5.82 Å². The second-order valence-corrected chi connectivity index (χ2v) is 8.89. The molecule has 1 aliphatic rings. The van der Waals surface area contributed by atoms with Gasteiger partial charge in [0.05, 0.1) is 28.4 Å². The molecule has 0 saturated carbocycles. The highest BCUT2D eigenvalue weighted by molar-refractivity contribution is 5.93. The van der Waals surface area contributed by atoms with E-state index in [1.807, 2.05) is 0 Å². The molecule has 4 aromatic rings. The summed E-state index contributed by atoms with van der Waals surface area (Å²) in [5.74, 6) is 0.279. The lowest BCUT2D eigenvalue weighted by Crippen LogP contribution is -2.30. The minimum atomic E-state index is -4.66. The summed E-state index contributed by atoms with van der Waals surface area (Å²) >= 11 is 0. The Bertz CT molecular complexity index is 1540. The molecular formula is C26H19F6N5O2. The Hall–Kier alpha value is -4.42. The zero-order valence-electron chi connectivity index (χ0n) is 19.9. The van der Waals surface area contributed by atoms with Gasteiger partial charge < -0.3 is 10.4 Å². The number of carbonyl (C=O) groups is 1. The number of pyridine rings is 1. The fourth-order valence-electron chi connectivity index (χ4n) is 4.55. The molecule has 0 bridgehead atoms. The highest BCUT2D eigenvalue weighted by Gasteiger charge is 2.35. The smallest absolute Gasteiger partial charge is 0.418 e. The van der Waals surface area contributed by atoms with Crippen LogP contribution in [0, 0.1) is 0 Å². The van der Waals surface area contributed by atoms with Crippen molar-refractivity contribution in [1.29, 1.82) is 0 Å². The van der Waals surface area contributed by atoms with E-state index in [1.54, 1.807) is 0 Å². The number of fused-ring (bicyclic) bond motifs is 1. The van der Waals surface area contributed by atoms with Crippen LogP contribution in [-0.4, -0.2) is 37.6 Å². The van der Waals surface area contributed by atoms with Crippen molar-refractivity contribution in [1.82, 2.24) is 19.9 Å². The van der Waals surface area contributed by atoms with Crippen LogP contribution in [0.3, 0.4) is 0 Å². The monoisotopic (exact) mass is 547 g/mol. The summed E-state index contributed by atoms with van der Waals surface area (Å²) in [7, 11) is 0. The van der Waals surface area contributed by atoms with Crippen LogP contribution in [0.15, 0.2) is 60.8 Å². The average Bonchev–Trinajstić information content (AvgIpc) is 3.38. The van der Waals surface area contributed by atoms with Crippen LogP contribution in [0.1, 0.15) is 35.8 Å². The van der Waals surface area contributed by atoms with Gasteiger partial charge in [-0.3, -0.25) is 9.88 Å². The summed E-state index contributed by atoms with van der Waals surface area (Å²) in [5.41, 5.74) is -1.48. The lowest BCUT2D eigenvalue weighted by Gasteiger charge is -2.21. The third kappa shape index (κ3) is 5.29. The fraction of sp³-hybridized carbons (Fsp3) is 0.231. The van der Waals surface area contributed by atoms with Crippen LogP contribution < -0.4 is 5.32 Å². The molecule has 1 aliphatic heterocycles. The van der Waals surface area contributed by atoms with Gasteiger partial charge in [0.25, 0.3) is 0 Å². The molecular weight excluding hydrogens is 528 g/mol. The molecule has 1 atom stereocenters. The van der Waals surface area contributed by atoms with E-state index in [4.69, 9.17) is 0 Å². The number of hydrogen-bond acceptors (Lipinski definition) is 5. The summed E-state index contributed by atoms with van der Waals surface area (Å²) in [6.45, 7) is 0.256. The molecule has 3 heterocycles. The Morgan fingerprint density at radius 3 is 2.38 bits per heavy atom. The van der Waals surface area contributed by atoms with E-state index in [2.05, 4.69) is 20.3 Å². The molecule has 2 aromatic heterocycles. The summed E-state index contributed by atoms with van der Waals surface area (Å²) in [6.07, 6.45) is -8.13. The van der Waals surface area contributed by atoms with Crippen LogP contribution in [0.4, 0.5) is 42.6 Å². The topological polar surface area (TPSA) is 91.2 Å². The minimum Gasteiger partial charge on any atom is -0.465 e. The van der Waals surface area contributed by atoms with E-state index in [1.165, 1.54) is 47.5 Å². The number of alkyl halides is 6. The van der Waals surface area contributed by atoms with Gasteiger partial charge in [-0.2, -0.15) is 26.3 Å². The van der Waals surface area contributed by atoms with Crippen LogP contribution in [-0.2, 0) is 12.4 Å². The predicted octanol–water partition coefficient (Wildman–Crippen LogP) is 7.29. The first-order valence-corrected chi connectivity index (χ1v) is 11.7. The van der Waals surface area contributed by atoms with E-state index >= 15 is 0 Å². The number of hydrogen-bond donors (Lipinski definition) is 2. The number of nitrogens with zero attached hydrogens (tertiary/aromatic N) is 4. The number of aromatic nitrogens is 3. The first-order chi connectivity index (χ1) is 18.4. The normalized spacial score (nSPS) is 16.1. The number of anilines is 2. The quantitative estimate of drug-likeness (QED) is 0.261. The van der Waals surface area contributed by atoms with Gasteiger partial charge in [0.15, 0.2) is 5.82 Å². The molecule has 1 saturated heterocycles. The second kappa shape index (κ2) is 9.71. The lowest BCUT2D eigenvalue weighted by molar-refractivity contribution is -0.138. The molecule has 5 rings (SSSR count). The van der Waals surface area contributed by atoms with Crippen molar-refractivity contribution in [3.63, 3.8) is 0 Å². The zero-order valence-corrected chi connectivity index (χ0v) is 19.9. The maximum absolute atomic E-state index is 13.6. The van der Waals surface area contributed by atoms with Crippen molar-refractivity contribution in [2.24, 2.45) is 0 Å². The maximum Gasteiger partial charge on any atom is 0.418 e. The number of benzene rings is 2. The molecule has 0 aliphatic carbocycles. The predicted molar refractivity (Wildman–Crippen MR) is 129 cm³/mol. The van der Waals surface area contributed by atoms with Crippen LogP contribution >= 0.6 is 0 Å². The van der Waals surface area contributed by atoms with Crippen molar-refractivity contribution in [2.45, 2.75) is 31.2 Å². The van der Waals surface area contributed by atoms with Gasteiger partial charge in [0.2, 0.25) is 0 Å². The third-order valence-electron chi connectivity index (χ3n) is 6.37. The molecule has 0 unspecified atom stereocenters. The van der Waals surface area contributed by atoms with Gasteiger partial charge in [-0.1, -0.05) is 6.07 Å². The van der Waals surface area contributed by atoms with Gasteiger partial charge in [0, 0.05) is 29.4 Å². The Kier molecular flexibility index (Phi) is 6.52. The van der Waals surface area contributed by atoms with Gasteiger partial charge in [-0.25, -0.2) is 14.8 Å². The van der Waals surface area contributed by atoms with Crippen LogP contribution in [0.25, 0.3) is 22.2 Å². The summed E-state index contributed by atoms with van der Waals surface area (Å²) in [6, 6.07) is 9.92. The number of amides is 1. The highest BCUT2D eigenvalue weighted by Crippen LogP contribution is 2.38. The third-order valence-corrected chi connectivity index (χ3v) is 6.37. The van der Waals surface area contributed by atoms with E-state index in [0.29, 0.717) is 18.2 Å². The molecule has 2 N–H and O–H groups in total. The first kappa shape index (κ1) is 26.2. The largest absolute Gasteiger partial charge is 0.465 e. The highest BCUT2D eigenvalue weighted by atomic mass is 19.4. The van der Waals surface area contributed by atoms with Crippen molar-refractivity contribution < 1.29 is 36.2 Å². The van der Waals surface area contributed by atoms with Gasteiger partial charge in [-0.15, -0.1) is 0 Å². The number of carboxylic acid groups (broad SMARTS) is 1.